The fourth-order valence-electron chi connectivity index (χ4n) is 10.9. The lowest BCUT2D eigenvalue weighted by Gasteiger charge is -2.15. The van der Waals surface area contributed by atoms with Gasteiger partial charge in [0.2, 0.25) is 0 Å². The number of ether oxygens (including phenoxy) is 2. The van der Waals surface area contributed by atoms with Gasteiger partial charge in [0.25, 0.3) is 0 Å². The van der Waals surface area contributed by atoms with E-state index in [1.165, 1.54) is 225 Å². The third-order valence-corrected chi connectivity index (χ3v) is 16.4. The first kappa shape index (κ1) is 84.0. The molecule has 504 valence electrons. The summed E-state index contributed by atoms with van der Waals surface area (Å²) >= 11 is 0. The van der Waals surface area contributed by atoms with E-state index >= 15 is 0 Å². The number of unbranched alkanes of at least 4 members (excludes halogenated alkanes) is 39. The molecule has 0 aliphatic carbocycles. The maximum absolute atomic E-state index is 12.4. The van der Waals surface area contributed by atoms with Gasteiger partial charge in [0.1, 0.15) is 6.61 Å². The van der Waals surface area contributed by atoms with E-state index in [2.05, 4.69) is 148 Å². The topological polar surface area (TPSA) is 72.8 Å². The van der Waals surface area contributed by atoms with E-state index in [0.29, 0.717) is 12.8 Å². The zero-order chi connectivity index (χ0) is 63.3. The molecule has 5 nitrogen and oxygen atoms in total. The van der Waals surface area contributed by atoms with Gasteiger partial charge >= 0.3 is 11.9 Å². The Morgan fingerprint density at radius 3 is 0.682 bits per heavy atom. The minimum atomic E-state index is -0.779. The Morgan fingerprint density at radius 1 is 0.261 bits per heavy atom. The molecular formula is C83H142O5. The molecule has 0 saturated heterocycles. The number of carbonyl (C=O) groups excluding carboxylic acids is 2. The van der Waals surface area contributed by atoms with E-state index in [1.54, 1.807) is 0 Å². The Balaban J connectivity index is 3.43. The van der Waals surface area contributed by atoms with Crippen LogP contribution in [0, 0.1) is 0 Å². The van der Waals surface area contributed by atoms with Crippen molar-refractivity contribution in [2.75, 3.05) is 13.2 Å². The summed E-state index contributed by atoms with van der Waals surface area (Å²) in [6.07, 6.45) is 115. The summed E-state index contributed by atoms with van der Waals surface area (Å²) in [5, 5.41) is 9.72. The van der Waals surface area contributed by atoms with Crippen LogP contribution in [0.5, 0.6) is 0 Å². The van der Waals surface area contributed by atoms with Crippen LogP contribution in [-0.4, -0.2) is 36.4 Å². The third kappa shape index (κ3) is 74.5. The van der Waals surface area contributed by atoms with E-state index in [-0.39, 0.29) is 25.2 Å². The molecule has 1 unspecified atom stereocenters. The lowest BCUT2D eigenvalue weighted by molar-refractivity contribution is -0.161. The minimum absolute atomic E-state index is 0.0666. The third-order valence-electron chi connectivity index (χ3n) is 16.4. The molecule has 1 N–H and O–H groups in total. The maximum atomic E-state index is 12.4. The highest BCUT2D eigenvalue weighted by Crippen LogP contribution is 2.18. The molecule has 0 aromatic rings. The molecule has 0 fully saturated rings. The Bertz CT molecular complexity index is 1770. The zero-order valence-corrected chi connectivity index (χ0v) is 58.0. The first-order valence-corrected chi connectivity index (χ1v) is 37.7. The minimum Gasteiger partial charge on any atom is -0.462 e. The molecule has 0 bridgehead atoms. The van der Waals surface area contributed by atoms with Gasteiger partial charge in [-0.25, -0.2) is 0 Å². The molecule has 88 heavy (non-hydrogen) atoms. The van der Waals surface area contributed by atoms with Gasteiger partial charge in [-0.1, -0.05) is 372 Å². The number of hydrogen-bond donors (Lipinski definition) is 1. The van der Waals surface area contributed by atoms with E-state index in [0.717, 1.165) is 109 Å². The monoisotopic (exact) mass is 1220 g/mol. The molecule has 0 aliphatic heterocycles. The fraction of sp³-hybridized carbons (Fsp3) is 0.711. The molecule has 0 radical (unpaired) electrons. The van der Waals surface area contributed by atoms with Gasteiger partial charge in [-0.2, -0.15) is 0 Å². The zero-order valence-electron chi connectivity index (χ0n) is 58.0. The van der Waals surface area contributed by atoms with Gasteiger partial charge in [-0.15, -0.1) is 0 Å². The molecule has 0 heterocycles. The summed E-state index contributed by atoms with van der Waals surface area (Å²) in [7, 11) is 0. The van der Waals surface area contributed by atoms with Crippen molar-refractivity contribution in [1.82, 2.24) is 0 Å². The molecule has 0 rings (SSSR count). The van der Waals surface area contributed by atoms with Crippen molar-refractivity contribution < 1.29 is 24.2 Å². The molecule has 0 amide bonds. The Kier molecular flexibility index (Phi) is 73.8. The summed E-state index contributed by atoms with van der Waals surface area (Å²) < 4.78 is 10.8. The second-order valence-corrected chi connectivity index (χ2v) is 25.0. The lowest BCUT2D eigenvalue weighted by atomic mass is 10.0. The lowest BCUT2D eigenvalue weighted by Crippen LogP contribution is -2.28. The van der Waals surface area contributed by atoms with Crippen molar-refractivity contribution in [1.29, 1.82) is 0 Å². The summed E-state index contributed by atoms with van der Waals surface area (Å²) in [5.74, 6) is -0.579. The number of aliphatic hydroxyl groups is 1. The first-order valence-electron chi connectivity index (χ1n) is 37.7. The molecule has 0 aliphatic rings. The number of hydrogen-bond acceptors (Lipinski definition) is 5. The van der Waals surface area contributed by atoms with Crippen molar-refractivity contribution in [3.05, 3.63) is 134 Å². The number of aliphatic hydroxyl groups excluding tert-OH is 1. The molecular weight excluding hydrogens is 1080 g/mol. The second kappa shape index (κ2) is 77.3. The first-order chi connectivity index (χ1) is 43.6. The van der Waals surface area contributed by atoms with E-state index < -0.39 is 6.10 Å². The molecule has 1 atom stereocenters. The van der Waals surface area contributed by atoms with Crippen molar-refractivity contribution in [2.45, 2.75) is 367 Å². The number of esters is 2. The average Bonchev–Trinajstić information content (AvgIpc) is 3.56. The van der Waals surface area contributed by atoms with Crippen LogP contribution in [-0.2, 0) is 19.1 Å². The molecule has 0 saturated carbocycles. The van der Waals surface area contributed by atoms with Crippen LogP contribution in [0.3, 0.4) is 0 Å². The maximum Gasteiger partial charge on any atom is 0.306 e. The Labute approximate surface area is 546 Å². The summed E-state index contributed by atoms with van der Waals surface area (Å²) in [5.41, 5.74) is 0. The Hall–Kier alpha value is -3.96. The quantitative estimate of drug-likeness (QED) is 0.0373. The standard InChI is InChI=1S/C83H142O5/c1-3-5-7-9-11-13-15-17-19-21-23-25-27-29-31-33-35-37-38-39-40-41-42-43-44-46-47-49-51-53-55-57-59-61-63-65-67-69-71-73-75-77-82(85)87-80-81(79-84)88-83(86)78-76-74-72-70-68-66-64-62-60-58-56-54-52-50-48-45-36-34-32-30-28-26-24-22-20-18-16-14-12-10-8-6-4-2/h5-8,11-14,17-20,23-26,29-32,36,45,81,84H,3-4,9-10,15-16,21-22,27-28,33-35,37-44,46-80H2,1-2H3/b7-5-,8-6-,13-11-,14-12-,19-17-,20-18-,25-23-,26-24-,31-29-,32-30-,45-36-. The van der Waals surface area contributed by atoms with Gasteiger partial charge in [0.05, 0.1) is 6.61 Å². The van der Waals surface area contributed by atoms with Crippen molar-refractivity contribution in [3.63, 3.8) is 0 Å². The van der Waals surface area contributed by atoms with Crippen molar-refractivity contribution in [2.24, 2.45) is 0 Å². The normalized spacial score (nSPS) is 13.0. The van der Waals surface area contributed by atoms with Gasteiger partial charge in [0.15, 0.2) is 6.10 Å². The molecule has 5 heteroatoms. The van der Waals surface area contributed by atoms with E-state index in [9.17, 15) is 14.7 Å². The van der Waals surface area contributed by atoms with Crippen LogP contribution in [0.1, 0.15) is 361 Å². The van der Waals surface area contributed by atoms with Crippen molar-refractivity contribution in [3.8, 4) is 0 Å². The summed E-state index contributed by atoms with van der Waals surface area (Å²) in [4.78, 5) is 24.7. The number of allylic oxidation sites excluding steroid dienone is 22. The highest BCUT2D eigenvalue weighted by atomic mass is 16.6. The molecule has 0 spiro atoms. The fourth-order valence-corrected chi connectivity index (χ4v) is 10.9. The Morgan fingerprint density at radius 2 is 0.455 bits per heavy atom. The van der Waals surface area contributed by atoms with Crippen molar-refractivity contribution >= 4 is 11.9 Å². The second-order valence-electron chi connectivity index (χ2n) is 25.0. The van der Waals surface area contributed by atoms with Gasteiger partial charge < -0.3 is 14.6 Å². The predicted octanol–water partition coefficient (Wildman–Crippen LogP) is 26.7. The predicted molar refractivity (Wildman–Crippen MR) is 389 cm³/mol. The van der Waals surface area contributed by atoms with Crippen LogP contribution in [0.15, 0.2) is 134 Å². The highest BCUT2D eigenvalue weighted by molar-refractivity contribution is 5.70. The van der Waals surface area contributed by atoms with Crippen LogP contribution >= 0.6 is 0 Å². The smallest absolute Gasteiger partial charge is 0.306 e. The van der Waals surface area contributed by atoms with Crippen LogP contribution < -0.4 is 0 Å². The van der Waals surface area contributed by atoms with E-state index in [4.69, 9.17) is 9.47 Å². The highest BCUT2D eigenvalue weighted by Gasteiger charge is 2.16. The van der Waals surface area contributed by atoms with Crippen LogP contribution in [0.2, 0.25) is 0 Å². The molecule has 0 aromatic carbocycles. The van der Waals surface area contributed by atoms with Gasteiger partial charge in [0, 0.05) is 12.8 Å². The van der Waals surface area contributed by atoms with Crippen LogP contribution in [0.25, 0.3) is 0 Å². The average molecular weight is 1220 g/mol. The number of rotatable bonds is 69. The summed E-state index contributed by atoms with van der Waals surface area (Å²) in [6, 6.07) is 0. The number of carbonyl (C=O) groups is 2. The largest absolute Gasteiger partial charge is 0.462 e. The molecule has 0 aromatic heterocycles. The van der Waals surface area contributed by atoms with Gasteiger partial charge in [-0.3, -0.25) is 9.59 Å². The SMILES string of the molecule is CC/C=C\C/C=C\C/C=C\C/C=C\C/C=C\C/C=C\CCCCCCCCCCCCCCCCC(=O)OC(CO)COC(=O)CCCCCCCCCCCCCCCCCCCCCCCCCCC/C=C\C/C=C\C/C=C\C/C=C\C/C=C\CC. The van der Waals surface area contributed by atoms with Gasteiger partial charge in [-0.05, 0) is 109 Å². The van der Waals surface area contributed by atoms with E-state index in [1.807, 2.05) is 0 Å². The summed E-state index contributed by atoms with van der Waals surface area (Å²) in [6.45, 7) is 3.94. The van der Waals surface area contributed by atoms with Crippen LogP contribution in [0.4, 0.5) is 0 Å².